The lowest BCUT2D eigenvalue weighted by atomic mass is 10.1. The van der Waals surface area contributed by atoms with Crippen molar-refractivity contribution >= 4 is 29.3 Å². The maximum absolute atomic E-state index is 5.82. The van der Waals surface area contributed by atoms with Gasteiger partial charge in [0.25, 0.3) is 0 Å². The van der Waals surface area contributed by atoms with Gasteiger partial charge < -0.3 is 14.5 Å². The Bertz CT molecular complexity index is 1220. The standard InChI is InChI=1S/C21H21N5O2S/c1-3-14-6-4-9-18-15(11-22-20(14)18)12-23-26-19(24-25-21(26)29)13-28-17-8-5-7-16(10-17)27-2/h4-12,22H,3,13H2,1-2H3,(H,25,29)/b23-12+. The van der Waals surface area contributed by atoms with Crippen LogP contribution in [0.5, 0.6) is 11.5 Å². The Balaban J connectivity index is 1.57. The van der Waals surface area contributed by atoms with Gasteiger partial charge in [-0.1, -0.05) is 31.2 Å². The molecule has 2 heterocycles. The van der Waals surface area contributed by atoms with Gasteiger partial charge in [0.15, 0.2) is 5.82 Å². The van der Waals surface area contributed by atoms with E-state index >= 15 is 0 Å². The number of aryl methyl sites for hydroxylation is 1. The van der Waals surface area contributed by atoms with Crippen molar-refractivity contribution in [2.45, 2.75) is 20.0 Å². The van der Waals surface area contributed by atoms with Gasteiger partial charge in [0, 0.05) is 28.7 Å². The van der Waals surface area contributed by atoms with Crippen LogP contribution in [0.1, 0.15) is 23.9 Å². The van der Waals surface area contributed by atoms with Crippen LogP contribution >= 0.6 is 12.2 Å². The van der Waals surface area contributed by atoms with Crippen LogP contribution in [0.2, 0.25) is 0 Å². The van der Waals surface area contributed by atoms with Gasteiger partial charge >= 0.3 is 0 Å². The summed E-state index contributed by atoms with van der Waals surface area (Å²) in [6.07, 6.45) is 4.69. The summed E-state index contributed by atoms with van der Waals surface area (Å²) in [7, 11) is 1.62. The van der Waals surface area contributed by atoms with Crippen LogP contribution < -0.4 is 9.47 Å². The molecular formula is C21H21N5O2S. The average Bonchev–Trinajstić information content (AvgIpc) is 3.33. The molecular weight excluding hydrogens is 386 g/mol. The Morgan fingerprint density at radius 1 is 1.21 bits per heavy atom. The molecule has 0 radical (unpaired) electrons. The minimum absolute atomic E-state index is 0.214. The van der Waals surface area contributed by atoms with Crippen molar-refractivity contribution in [2.75, 3.05) is 7.11 Å². The van der Waals surface area contributed by atoms with E-state index in [1.165, 1.54) is 5.56 Å². The fourth-order valence-corrected chi connectivity index (χ4v) is 3.33. The number of H-pyrrole nitrogens is 2. The van der Waals surface area contributed by atoms with Crippen LogP contribution in [0.4, 0.5) is 0 Å². The zero-order chi connectivity index (χ0) is 20.2. The van der Waals surface area contributed by atoms with E-state index < -0.39 is 0 Å². The van der Waals surface area contributed by atoms with Crippen molar-refractivity contribution in [3.63, 3.8) is 0 Å². The highest BCUT2D eigenvalue weighted by atomic mass is 32.1. The lowest BCUT2D eigenvalue weighted by Crippen LogP contribution is -2.04. The van der Waals surface area contributed by atoms with Crippen molar-refractivity contribution in [3.05, 3.63) is 70.4 Å². The zero-order valence-corrected chi connectivity index (χ0v) is 17.0. The number of hydrogen-bond donors (Lipinski definition) is 2. The van der Waals surface area contributed by atoms with Crippen molar-refractivity contribution in [1.29, 1.82) is 0 Å². The molecule has 0 aliphatic carbocycles. The predicted octanol–water partition coefficient (Wildman–Crippen LogP) is 4.45. The van der Waals surface area contributed by atoms with E-state index in [0.29, 0.717) is 16.3 Å². The molecule has 2 N–H and O–H groups in total. The Morgan fingerprint density at radius 2 is 2.03 bits per heavy atom. The first-order valence-corrected chi connectivity index (χ1v) is 9.67. The first-order valence-electron chi connectivity index (χ1n) is 9.26. The largest absolute Gasteiger partial charge is 0.497 e. The number of para-hydroxylation sites is 1. The van der Waals surface area contributed by atoms with E-state index in [4.69, 9.17) is 21.7 Å². The number of ether oxygens (including phenoxy) is 2. The fraction of sp³-hybridized carbons (Fsp3) is 0.190. The fourth-order valence-electron chi connectivity index (χ4n) is 3.14. The van der Waals surface area contributed by atoms with Crippen molar-refractivity contribution < 1.29 is 9.47 Å². The highest BCUT2D eigenvalue weighted by molar-refractivity contribution is 7.71. The normalized spacial score (nSPS) is 11.4. The molecule has 2 aromatic carbocycles. The predicted molar refractivity (Wildman–Crippen MR) is 115 cm³/mol. The van der Waals surface area contributed by atoms with E-state index in [9.17, 15) is 0 Å². The number of aromatic amines is 2. The molecule has 0 bridgehead atoms. The molecule has 4 rings (SSSR count). The van der Waals surface area contributed by atoms with Crippen LogP contribution in [0.25, 0.3) is 10.9 Å². The van der Waals surface area contributed by atoms with E-state index in [1.54, 1.807) is 18.0 Å². The summed E-state index contributed by atoms with van der Waals surface area (Å²) in [4.78, 5) is 3.34. The van der Waals surface area contributed by atoms with Crippen LogP contribution in [0, 0.1) is 4.77 Å². The molecule has 0 unspecified atom stereocenters. The Labute approximate surface area is 173 Å². The highest BCUT2D eigenvalue weighted by Crippen LogP contribution is 2.22. The van der Waals surface area contributed by atoms with E-state index in [1.807, 2.05) is 30.5 Å². The number of fused-ring (bicyclic) bond motifs is 1. The quantitative estimate of drug-likeness (QED) is 0.350. The number of methoxy groups -OCH3 is 1. The molecule has 0 aliphatic heterocycles. The third kappa shape index (κ3) is 3.93. The monoisotopic (exact) mass is 407 g/mol. The Morgan fingerprint density at radius 3 is 2.86 bits per heavy atom. The summed E-state index contributed by atoms with van der Waals surface area (Å²) in [5.74, 6) is 1.98. The van der Waals surface area contributed by atoms with Crippen LogP contribution in [0.3, 0.4) is 0 Å². The second kappa shape index (κ2) is 8.32. The smallest absolute Gasteiger partial charge is 0.216 e. The van der Waals surface area contributed by atoms with Gasteiger partial charge in [0.2, 0.25) is 4.77 Å². The zero-order valence-electron chi connectivity index (χ0n) is 16.2. The van der Waals surface area contributed by atoms with Crippen molar-refractivity contribution in [3.8, 4) is 11.5 Å². The van der Waals surface area contributed by atoms with Gasteiger partial charge in [-0.2, -0.15) is 14.9 Å². The summed E-state index contributed by atoms with van der Waals surface area (Å²) in [6, 6.07) is 13.7. The van der Waals surface area contributed by atoms with E-state index in [2.05, 4.69) is 45.4 Å². The number of rotatable bonds is 7. The summed E-state index contributed by atoms with van der Waals surface area (Å²) in [5.41, 5.74) is 3.39. The topological polar surface area (TPSA) is 80.2 Å². The van der Waals surface area contributed by atoms with Crippen LogP contribution in [-0.4, -0.2) is 33.2 Å². The first-order chi connectivity index (χ1) is 14.2. The van der Waals surface area contributed by atoms with Crippen molar-refractivity contribution in [2.24, 2.45) is 5.10 Å². The van der Waals surface area contributed by atoms with Gasteiger partial charge in [-0.15, -0.1) is 0 Å². The molecule has 148 valence electrons. The number of hydrogen-bond acceptors (Lipinski definition) is 5. The first kappa shape index (κ1) is 18.9. The van der Waals surface area contributed by atoms with Gasteiger partial charge in [0.1, 0.15) is 18.1 Å². The van der Waals surface area contributed by atoms with Gasteiger partial charge in [-0.05, 0) is 36.3 Å². The molecule has 0 spiro atoms. The molecule has 0 amide bonds. The summed E-state index contributed by atoms with van der Waals surface area (Å²) in [5, 5.41) is 12.7. The molecule has 2 aromatic heterocycles. The summed E-state index contributed by atoms with van der Waals surface area (Å²) >= 11 is 5.32. The van der Waals surface area contributed by atoms with E-state index in [-0.39, 0.29) is 6.61 Å². The second-order valence-corrected chi connectivity index (χ2v) is 6.79. The van der Waals surface area contributed by atoms with Gasteiger partial charge in [-0.3, -0.25) is 0 Å². The molecule has 7 nitrogen and oxygen atoms in total. The maximum Gasteiger partial charge on any atom is 0.216 e. The van der Waals surface area contributed by atoms with Crippen LogP contribution in [-0.2, 0) is 13.0 Å². The third-order valence-electron chi connectivity index (χ3n) is 4.65. The van der Waals surface area contributed by atoms with Crippen LogP contribution in [0.15, 0.2) is 53.8 Å². The molecule has 0 atom stereocenters. The van der Waals surface area contributed by atoms with E-state index in [0.717, 1.165) is 28.6 Å². The molecule has 0 aliphatic rings. The number of nitrogens with zero attached hydrogens (tertiary/aromatic N) is 3. The number of aromatic nitrogens is 4. The van der Waals surface area contributed by atoms with Crippen molar-refractivity contribution in [1.82, 2.24) is 19.9 Å². The lowest BCUT2D eigenvalue weighted by molar-refractivity contribution is 0.288. The molecule has 0 fully saturated rings. The average molecular weight is 407 g/mol. The number of benzene rings is 2. The third-order valence-corrected chi connectivity index (χ3v) is 4.92. The lowest BCUT2D eigenvalue weighted by Gasteiger charge is -2.07. The minimum Gasteiger partial charge on any atom is -0.497 e. The second-order valence-electron chi connectivity index (χ2n) is 6.41. The number of nitrogens with one attached hydrogen (secondary N) is 2. The Hall–Kier alpha value is -3.39. The summed E-state index contributed by atoms with van der Waals surface area (Å²) < 4.78 is 13.0. The van der Waals surface area contributed by atoms with Gasteiger partial charge in [0.05, 0.1) is 13.3 Å². The Kier molecular flexibility index (Phi) is 5.44. The molecule has 4 aromatic rings. The maximum atomic E-state index is 5.82. The molecule has 8 heteroatoms. The SMILES string of the molecule is CCc1cccc2c(/C=N/n3c(COc4cccc(OC)c4)n[nH]c3=S)c[nH]c12. The highest BCUT2D eigenvalue weighted by Gasteiger charge is 2.08. The minimum atomic E-state index is 0.214. The van der Waals surface area contributed by atoms with Gasteiger partial charge in [-0.25, -0.2) is 5.10 Å². The summed E-state index contributed by atoms with van der Waals surface area (Å²) in [6.45, 7) is 2.36. The molecule has 0 saturated heterocycles. The molecule has 0 saturated carbocycles. The molecule has 29 heavy (non-hydrogen) atoms.